The van der Waals surface area contributed by atoms with E-state index in [-0.39, 0.29) is 17.3 Å². The third kappa shape index (κ3) is 2.90. The molecular formula is C19H14FN5O. The van der Waals surface area contributed by atoms with Gasteiger partial charge in [0.15, 0.2) is 17.3 Å². The van der Waals surface area contributed by atoms with Gasteiger partial charge >= 0.3 is 0 Å². The Hall–Kier alpha value is -3.61. The summed E-state index contributed by atoms with van der Waals surface area (Å²) in [5.74, 6) is -0.262. The van der Waals surface area contributed by atoms with Gasteiger partial charge in [-0.1, -0.05) is 18.2 Å². The molecule has 4 rings (SSSR count). The van der Waals surface area contributed by atoms with Crippen molar-refractivity contribution in [3.05, 3.63) is 72.3 Å². The first-order valence-corrected chi connectivity index (χ1v) is 7.97. The number of hydrogen-bond donors (Lipinski definition) is 1. The summed E-state index contributed by atoms with van der Waals surface area (Å²) in [4.78, 5) is 17.7. The number of fused-ring (bicyclic) bond motifs is 1. The van der Waals surface area contributed by atoms with E-state index >= 15 is 0 Å². The maximum atomic E-state index is 13.1. The van der Waals surface area contributed by atoms with Gasteiger partial charge in [-0.25, -0.2) is 4.39 Å². The number of Topliss-reactive ketones (excluding diaryl/α,β-unsaturated/α-hetero) is 1. The smallest absolute Gasteiger partial charge is 0.184 e. The summed E-state index contributed by atoms with van der Waals surface area (Å²) in [5.41, 5.74) is 2.23. The molecule has 0 aliphatic heterocycles. The molecule has 0 atom stereocenters. The number of ketones is 1. The molecule has 0 amide bonds. The van der Waals surface area contributed by atoms with Gasteiger partial charge in [-0.15, -0.1) is 15.0 Å². The topological polar surface area (TPSA) is 72.7 Å². The number of carbonyl (C=O) groups excluding carboxylic acids is 1. The van der Waals surface area contributed by atoms with Crippen molar-refractivity contribution >= 4 is 28.2 Å². The first kappa shape index (κ1) is 15.9. The molecule has 26 heavy (non-hydrogen) atoms. The minimum absolute atomic E-state index is 0.197. The van der Waals surface area contributed by atoms with Crippen LogP contribution in [0.3, 0.4) is 0 Å². The molecule has 7 heteroatoms. The Balaban J connectivity index is 1.78. The van der Waals surface area contributed by atoms with E-state index in [0.29, 0.717) is 11.5 Å². The highest BCUT2D eigenvalue weighted by Crippen LogP contribution is 2.25. The Bertz CT molecular complexity index is 1100. The number of aromatic nitrogens is 4. The number of anilines is 2. The van der Waals surface area contributed by atoms with E-state index in [1.54, 1.807) is 18.3 Å². The highest BCUT2D eigenvalue weighted by Gasteiger charge is 2.17. The van der Waals surface area contributed by atoms with Crippen LogP contribution in [0.2, 0.25) is 0 Å². The Morgan fingerprint density at radius 2 is 1.81 bits per heavy atom. The van der Waals surface area contributed by atoms with E-state index in [2.05, 4.69) is 20.5 Å². The maximum absolute atomic E-state index is 13.1. The van der Waals surface area contributed by atoms with Crippen LogP contribution in [0, 0.1) is 5.82 Å². The predicted octanol–water partition coefficient (Wildman–Crippen LogP) is 3.90. The van der Waals surface area contributed by atoms with Gasteiger partial charge in [-0.2, -0.15) is 0 Å². The molecule has 0 fully saturated rings. The van der Waals surface area contributed by atoms with Gasteiger partial charge in [0.2, 0.25) is 0 Å². The highest BCUT2D eigenvalue weighted by molar-refractivity contribution is 5.99. The number of halogens is 1. The van der Waals surface area contributed by atoms with Crippen LogP contribution in [-0.4, -0.2) is 25.8 Å². The Labute approximate surface area is 148 Å². The molecule has 0 bridgehead atoms. The highest BCUT2D eigenvalue weighted by atomic mass is 19.1. The van der Waals surface area contributed by atoms with Crippen molar-refractivity contribution in [3.8, 4) is 5.69 Å². The van der Waals surface area contributed by atoms with E-state index in [1.165, 1.54) is 23.9 Å². The molecule has 4 aromatic rings. The number of nitrogens with zero attached hydrogens (tertiary/aromatic N) is 4. The minimum Gasteiger partial charge on any atom is -0.335 e. The maximum Gasteiger partial charge on any atom is 0.184 e. The lowest BCUT2D eigenvalue weighted by molar-refractivity contribution is 0.101. The zero-order valence-corrected chi connectivity index (χ0v) is 13.8. The van der Waals surface area contributed by atoms with Crippen molar-refractivity contribution in [2.45, 2.75) is 6.92 Å². The van der Waals surface area contributed by atoms with Crippen molar-refractivity contribution in [1.82, 2.24) is 20.0 Å². The largest absolute Gasteiger partial charge is 0.335 e. The average Bonchev–Trinajstić information content (AvgIpc) is 3.07. The van der Waals surface area contributed by atoms with Gasteiger partial charge < -0.3 is 5.32 Å². The predicted molar refractivity (Wildman–Crippen MR) is 96.3 cm³/mol. The fourth-order valence-electron chi connectivity index (χ4n) is 2.65. The number of benzene rings is 2. The summed E-state index contributed by atoms with van der Waals surface area (Å²) in [6, 6.07) is 15.2. The van der Waals surface area contributed by atoms with Gasteiger partial charge in [-0.05, 0) is 36.4 Å². The second kappa shape index (κ2) is 6.36. The fraction of sp³-hybridized carbons (Fsp3) is 0.0526. The second-order valence-electron chi connectivity index (χ2n) is 5.72. The first-order valence-electron chi connectivity index (χ1n) is 7.97. The van der Waals surface area contributed by atoms with Crippen LogP contribution in [0.1, 0.15) is 17.4 Å². The Morgan fingerprint density at radius 3 is 2.58 bits per heavy atom. The number of rotatable bonds is 4. The molecule has 0 saturated heterocycles. The van der Waals surface area contributed by atoms with Crippen LogP contribution in [0.15, 0.2) is 60.8 Å². The Morgan fingerprint density at radius 1 is 1.04 bits per heavy atom. The van der Waals surface area contributed by atoms with Crippen molar-refractivity contribution in [2.24, 2.45) is 0 Å². The number of para-hydroxylation sites is 1. The summed E-state index contributed by atoms with van der Waals surface area (Å²) in [5, 5.41) is 12.7. The summed E-state index contributed by atoms with van der Waals surface area (Å²) < 4.78 is 13.1. The van der Waals surface area contributed by atoms with Crippen LogP contribution < -0.4 is 5.32 Å². The molecule has 2 heterocycles. The molecule has 0 spiro atoms. The number of nitrogens with one attached hydrogen (secondary N) is 1. The third-order valence-electron chi connectivity index (χ3n) is 3.89. The molecule has 2 aromatic carbocycles. The molecule has 0 aliphatic rings. The van der Waals surface area contributed by atoms with E-state index in [9.17, 15) is 9.18 Å². The molecule has 0 saturated carbocycles. The van der Waals surface area contributed by atoms with Crippen molar-refractivity contribution in [1.29, 1.82) is 0 Å². The lowest BCUT2D eigenvalue weighted by Crippen LogP contribution is -2.01. The fourth-order valence-corrected chi connectivity index (χ4v) is 2.65. The molecular weight excluding hydrogens is 333 g/mol. The molecule has 1 N–H and O–H groups in total. The van der Waals surface area contributed by atoms with Crippen LogP contribution in [0.4, 0.5) is 15.9 Å². The second-order valence-corrected chi connectivity index (χ2v) is 5.72. The molecule has 0 unspecified atom stereocenters. The average molecular weight is 347 g/mol. The standard InChI is InChI=1S/C19H14FN5O/c1-12(26)17-19(24-25(23-17)15-9-7-14(20)8-10-15)22-16-6-2-4-13-5-3-11-21-18(13)16/h2-11H,1H3,(H,22,24). The molecule has 128 valence electrons. The molecule has 0 aliphatic carbocycles. The zero-order valence-electron chi connectivity index (χ0n) is 13.8. The summed E-state index contributed by atoms with van der Waals surface area (Å²) in [6.45, 7) is 1.42. The van der Waals surface area contributed by atoms with Gasteiger partial charge in [0.1, 0.15) is 5.82 Å². The van der Waals surface area contributed by atoms with E-state index in [0.717, 1.165) is 16.6 Å². The monoisotopic (exact) mass is 347 g/mol. The molecule has 0 radical (unpaired) electrons. The van der Waals surface area contributed by atoms with Gasteiger partial charge in [0, 0.05) is 18.5 Å². The lowest BCUT2D eigenvalue weighted by atomic mass is 10.2. The van der Waals surface area contributed by atoms with E-state index in [1.807, 2.05) is 30.3 Å². The summed E-state index contributed by atoms with van der Waals surface area (Å²) in [6.07, 6.45) is 1.70. The van der Waals surface area contributed by atoms with Crippen LogP contribution in [0.25, 0.3) is 16.6 Å². The third-order valence-corrected chi connectivity index (χ3v) is 3.89. The van der Waals surface area contributed by atoms with Gasteiger partial charge in [0.25, 0.3) is 0 Å². The van der Waals surface area contributed by atoms with Crippen molar-refractivity contribution < 1.29 is 9.18 Å². The number of pyridine rings is 1. The Kier molecular flexibility index (Phi) is 3.89. The van der Waals surface area contributed by atoms with Crippen LogP contribution in [-0.2, 0) is 0 Å². The number of carbonyl (C=O) groups is 1. The summed E-state index contributed by atoms with van der Waals surface area (Å²) >= 11 is 0. The molecule has 2 aromatic heterocycles. The summed E-state index contributed by atoms with van der Waals surface area (Å²) in [7, 11) is 0. The SMILES string of the molecule is CC(=O)c1nn(-c2ccc(F)cc2)nc1Nc1cccc2cccnc12. The molecule has 6 nitrogen and oxygen atoms in total. The van der Waals surface area contributed by atoms with E-state index < -0.39 is 0 Å². The van der Waals surface area contributed by atoms with Crippen molar-refractivity contribution in [2.75, 3.05) is 5.32 Å². The van der Waals surface area contributed by atoms with E-state index in [4.69, 9.17) is 0 Å². The van der Waals surface area contributed by atoms with Crippen LogP contribution in [0.5, 0.6) is 0 Å². The van der Waals surface area contributed by atoms with Gasteiger partial charge in [-0.3, -0.25) is 9.78 Å². The lowest BCUT2D eigenvalue weighted by Gasteiger charge is -2.07. The van der Waals surface area contributed by atoms with Gasteiger partial charge in [0.05, 0.1) is 16.9 Å². The van der Waals surface area contributed by atoms with Crippen LogP contribution >= 0.6 is 0 Å². The first-order chi connectivity index (χ1) is 12.6. The zero-order chi connectivity index (χ0) is 18.1. The minimum atomic E-state index is -0.354. The number of hydrogen-bond acceptors (Lipinski definition) is 5. The normalized spacial score (nSPS) is 10.8. The quantitative estimate of drug-likeness (QED) is 0.567. The van der Waals surface area contributed by atoms with Crippen molar-refractivity contribution in [3.63, 3.8) is 0 Å².